The molecule has 1 aromatic rings. The fourth-order valence-corrected chi connectivity index (χ4v) is 1.98. The summed E-state index contributed by atoms with van der Waals surface area (Å²) in [7, 11) is 1.61. The van der Waals surface area contributed by atoms with E-state index in [1.54, 1.807) is 7.05 Å². The zero-order valence-electron chi connectivity index (χ0n) is 10.7. The first kappa shape index (κ1) is 15.0. The molecule has 0 heterocycles. The first-order valence-corrected chi connectivity index (χ1v) is 6.69. The van der Waals surface area contributed by atoms with E-state index in [0.29, 0.717) is 13.0 Å². The van der Waals surface area contributed by atoms with Crippen molar-refractivity contribution in [3.63, 3.8) is 0 Å². The van der Waals surface area contributed by atoms with Crippen LogP contribution in [0.15, 0.2) is 22.7 Å². The van der Waals surface area contributed by atoms with Crippen LogP contribution < -0.4 is 15.8 Å². The number of benzene rings is 1. The molecule has 4 nitrogen and oxygen atoms in total. The van der Waals surface area contributed by atoms with E-state index in [1.165, 1.54) is 0 Å². The number of ether oxygens (including phenoxy) is 1. The van der Waals surface area contributed by atoms with Gasteiger partial charge in [0.1, 0.15) is 5.75 Å². The van der Waals surface area contributed by atoms with Gasteiger partial charge in [0.25, 0.3) is 0 Å². The Hall–Kier alpha value is -1.07. The molecule has 1 rings (SSSR count). The summed E-state index contributed by atoms with van der Waals surface area (Å²) >= 11 is 3.43. The summed E-state index contributed by atoms with van der Waals surface area (Å²) in [4.78, 5) is 11.1. The standard InChI is InChI=1S/C13H19BrN2O2/c1-9(15)7-10-8-11(14)3-4-12(10)18-6-5-13(17)16-2/h3-4,8-9H,5-7,15H2,1-2H3,(H,16,17). The third-order valence-electron chi connectivity index (χ3n) is 2.43. The van der Waals surface area contributed by atoms with E-state index in [9.17, 15) is 4.79 Å². The number of hydrogen-bond donors (Lipinski definition) is 2. The molecular formula is C13H19BrN2O2. The van der Waals surface area contributed by atoms with Gasteiger partial charge in [-0.25, -0.2) is 0 Å². The van der Waals surface area contributed by atoms with Gasteiger partial charge < -0.3 is 15.8 Å². The molecule has 1 unspecified atom stereocenters. The number of halogens is 1. The molecule has 1 aromatic carbocycles. The average Bonchev–Trinajstić information content (AvgIpc) is 2.31. The van der Waals surface area contributed by atoms with Gasteiger partial charge in [0.15, 0.2) is 0 Å². The van der Waals surface area contributed by atoms with Crippen LogP contribution in [0.2, 0.25) is 0 Å². The van der Waals surface area contributed by atoms with Gasteiger partial charge in [-0.05, 0) is 37.1 Å². The minimum absolute atomic E-state index is 0.0270. The monoisotopic (exact) mass is 314 g/mol. The fourth-order valence-electron chi connectivity index (χ4n) is 1.57. The van der Waals surface area contributed by atoms with Crippen molar-refractivity contribution in [1.82, 2.24) is 5.32 Å². The van der Waals surface area contributed by atoms with E-state index in [1.807, 2.05) is 25.1 Å². The Labute approximate surface area is 116 Å². The second-order valence-electron chi connectivity index (χ2n) is 4.21. The molecule has 0 saturated heterocycles. The van der Waals surface area contributed by atoms with E-state index in [0.717, 1.165) is 22.2 Å². The highest BCUT2D eigenvalue weighted by atomic mass is 79.9. The molecule has 0 aromatic heterocycles. The minimum Gasteiger partial charge on any atom is -0.493 e. The van der Waals surface area contributed by atoms with Crippen molar-refractivity contribution in [2.24, 2.45) is 5.73 Å². The summed E-state index contributed by atoms with van der Waals surface area (Å²) in [6.07, 6.45) is 1.10. The van der Waals surface area contributed by atoms with E-state index in [-0.39, 0.29) is 11.9 Å². The first-order chi connectivity index (χ1) is 8.52. The van der Waals surface area contributed by atoms with Gasteiger partial charge in [-0.1, -0.05) is 15.9 Å². The lowest BCUT2D eigenvalue weighted by Crippen LogP contribution is -2.21. The lowest BCUT2D eigenvalue weighted by Gasteiger charge is -2.13. The molecule has 18 heavy (non-hydrogen) atoms. The Balaban J connectivity index is 2.66. The molecule has 0 aliphatic rings. The predicted octanol–water partition coefficient (Wildman–Crippen LogP) is 1.85. The van der Waals surface area contributed by atoms with Crippen molar-refractivity contribution >= 4 is 21.8 Å². The Morgan fingerprint density at radius 3 is 2.89 bits per heavy atom. The van der Waals surface area contributed by atoms with E-state index < -0.39 is 0 Å². The Morgan fingerprint density at radius 2 is 2.28 bits per heavy atom. The molecule has 1 amide bonds. The maximum Gasteiger partial charge on any atom is 0.223 e. The maximum absolute atomic E-state index is 11.1. The number of carbonyl (C=O) groups excluding carboxylic acids is 1. The topological polar surface area (TPSA) is 64.3 Å². The zero-order valence-corrected chi connectivity index (χ0v) is 12.3. The number of carbonyl (C=O) groups is 1. The van der Waals surface area contributed by atoms with Crippen molar-refractivity contribution in [3.8, 4) is 5.75 Å². The Morgan fingerprint density at radius 1 is 1.56 bits per heavy atom. The van der Waals surface area contributed by atoms with E-state index in [2.05, 4.69) is 21.2 Å². The number of nitrogens with two attached hydrogens (primary N) is 1. The molecule has 0 aliphatic carbocycles. The van der Waals surface area contributed by atoms with Gasteiger partial charge in [-0.2, -0.15) is 0 Å². The molecule has 0 spiro atoms. The van der Waals surface area contributed by atoms with Crippen molar-refractivity contribution in [1.29, 1.82) is 0 Å². The molecule has 5 heteroatoms. The highest BCUT2D eigenvalue weighted by Crippen LogP contribution is 2.24. The normalized spacial score (nSPS) is 12.0. The van der Waals surface area contributed by atoms with Gasteiger partial charge in [0.2, 0.25) is 5.91 Å². The van der Waals surface area contributed by atoms with E-state index in [4.69, 9.17) is 10.5 Å². The number of hydrogen-bond acceptors (Lipinski definition) is 3. The molecule has 0 bridgehead atoms. The number of rotatable bonds is 6. The first-order valence-electron chi connectivity index (χ1n) is 5.90. The van der Waals surface area contributed by atoms with E-state index >= 15 is 0 Å². The van der Waals surface area contributed by atoms with Crippen molar-refractivity contribution in [2.75, 3.05) is 13.7 Å². The van der Waals surface area contributed by atoms with Gasteiger partial charge >= 0.3 is 0 Å². The highest BCUT2D eigenvalue weighted by Gasteiger charge is 2.08. The molecule has 0 aliphatic heterocycles. The predicted molar refractivity (Wildman–Crippen MR) is 75.7 cm³/mol. The van der Waals surface area contributed by atoms with Crippen LogP contribution in [0.5, 0.6) is 5.75 Å². The second kappa shape index (κ2) is 7.38. The quantitative estimate of drug-likeness (QED) is 0.842. The van der Waals surface area contributed by atoms with Crippen LogP contribution >= 0.6 is 15.9 Å². The van der Waals surface area contributed by atoms with Crippen molar-refractivity contribution in [2.45, 2.75) is 25.8 Å². The Kier molecular flexibility index (Phi) is 6.15. The van der Waals surface area contributed by atoms with Crippen molar-refractivity contribution in [3.05, 3.63) is 28.2 Å². The average molecular weight is 315 g/mol. The summed E-state index contributed by atoms with van der Waals surface area (Å²) in [6.45, 7) is 2.32. The lowest BCUT2D eigenvalue weighted by molar-refractivity contribution is -0.121. The second-order valence-corrected chi connectivity index (χ2v) is 5.12. The minimum atomic E-state index is -0.0270. The Bertz CT molecular complexity index is 408. The van der Waals surface area contributed by atoms with Gasteiger partial charge in [-0.15, -0.1) is 0 Å². The molecule has 0 radical (unpaired) electrons. The van der Waals surface area contributed by atoms with Crippen LogP contribution in [-0.2, 0) is 11.2 Å². The highest BCUT2D eigenvalue weighted by molar-refractivity contribution is 9.10. The third kappa shape index (κ3) is 5.06. The summed E-state index contributed by atoms with van der Waals surface area (Å²) in [5.41, 5.74) is 6.86. The number of nitrogens with one attached hydrogen (secondary N) is 1. The van der Waals surface area contributed by atoms with Crippen molar-refractivity contribution < 1.29 is 9.53 Å². The molecule has 3 N–H and O–H groups in total. The molecular weight excluding hydrogens is 296 g/mol. The molecule has 0 fully saturated rings. The number of amides is 1. The fraction of sp³-hybridized carbons (Fsp3) is 0.462. The maximum atomic E-state index is 11.1. The van der Waals surface area contributed by atoms with Crippen LogP contribution in [0.1, 0.15) is 18.9 Å². The third-order valence-corrected chi connectivity index (χ3v) is 2.92. The SMILES string of the molecule is CNC(=O)CCOc1ccc(Br)cc1CC(C)N. The van der Waals surface area contributed by atoms with Gasteiger partial charge in [-0.3, -0.25) is 4.79 Å². The van der Waals surface area contributed by atoms with Crippen LogP contribution in [0.25, 0.3) is 0 Å². The summed E-state index contributed by atoms with van der Waals surface area (Å²) in [5.74, 6) is 0.764. The van der Waals surface area contributed by atoms with Gasteiger partial charge in [0, 0.05) is 17.6 Å². The van der Waals surface area contributed by atoms with Gasteiger partial charge in [0.05, 0.1) is 13.0 Å². The molecule has 100 valence electrons. The summed E-state index contributed by atoms with van der Waals surface area (Å²) < 4.78 is 6.63. The zero-order chi connectivity index (χ0) is 13.5. The molecule has 0 saturated carbocycles. The van der Waals surface area contributed by atoms with Crippen LogP contribution in [-0.4, -0.2) is 25.6 Å². The van der Waals surface area contributed by atoms with Crippen LogP contribution in [0, 0.1) is 0 Å². The summed E-state index contributed by atoms with van der Waals surface area (Å²) in [5, 5.41) is 2.56. The van der Waals surface area contributed by atoms with Crippen LogP contribution in [0.4, 0.5) is 0 Å². The largest absolute Gasteiger partial charge is 0.493 e. The lowest BCUT2D eigenvalue weighted by atomic mass is 10.1. The summed E-state index contributed by atoms with van der Waals surface area (Å²) in [6, 6.07) is 5.88. The molecule has 1 atom stereocenters. The smallest absolute Gasteiger partial charge is 0.223 e. The van der Waals surface area contributed by atoms with Crippen LogP contribution in [0.3, 0.4) is 0 Å².